The largest absolute Gasteiger partial charge is 0.494 e. The summed E-state index contributed by atoms with van der Waals surface area (Å²) < 4.78 is 18.6. The van der Waals surface area contributed by atoms with Crippen molar-refractivity contribution in [2.24, 2.45) is 0 Å². The molecule has 0 radical (unpaired) electrons. The standard InChI is InChI=1S/C16H15BrClFO/c1-20-16-6-5-11(8-15(16)19)7-13(10-17)12-3-2-4-14(18)9-12/h2-6,8-9,13H,7,10H2,1H3. The van der Waals surface area contributed by atoms with Crippen LogP contribution in [0.5, 0.6) is 5.75 Å². The first-order chi connectivity index (χ1) is 9.63. The van der Waals surface area contributed by atoms with Crippen molar-refractivity contribution in [3.05, 3.63) is 64.4 Å². The molecule has 0 bridgehead atoms. The van der Waals surface area contributed by atoms with Gasteiger partial charge in [-0.25, -0.2) is 4.39 Å². The minimum atomic E-state index is -0.329. The molecule has 1 atom stereocenters. The third-order valence-corrected chi connectivity index (χ3v) is 4.22. The van der Waals surface area contributed by atoms with Gasteiger partial charge >= 0.3 is 0 Å². The SMILES string of the molecule is COc1ccc(CC(CBr)c2cccc(Cl)c2)cc1F. The molecule has 1 nitrogen and oxygen atoms in total. The van der Waals surface area contributed by atoms with Crippen molar-refractivity contribution < 1.29 is 9.13 Å². The van der Waals surface area contributed by atoms with Crippen LogP contribution in [0.2, 0.25) is 5.02 Å². The van der Waals surface area contributed by atoms with E-state index in [0.717, 1.165) is 27.9 Å². The van der Waals surface area contributed by atoms with Crippen LogP contribution in [0, 0.1) is 5.82 Å². The number of hydrogen-bond donors (Lipinski definition) is 0. The summed E-state index contributed by atoms with van der Waals surface area (Å²) >= 11 is 9.54. The van der Waals surface area contributed by atoms with Gasteiger partial charge in [0.1, 0.15) is 0 Å². The molecule has 0 amide bonds. The Morgan fingerprint density at radius 1 is 1.25 bits per heavy atom. The number of hydrogen-bond acceptors (Lipinski definition) is 1. The molecule has 0 N–H and O–H groups in total. The molecule has 0 aliphatic rings. The Bertz CT molecular complexity index is 588. The monoisotopic (exact) mass is 356 g/mol. The summed E-state index contributed by atoms with van der Waals surface area (Å²) in [6.45, 7) is 0. The fourth-order valence-electron chi connectivity index (χ4n) is 2.14. The van der Waals surface area contributed by atoms with Gasteiger partial charge in [0.25, 0.3) is 0 Å². The fourth-order valence-corrected chi connectivity index (χ4v) is 2.94. The summed E-state index contributed by atoms with van der Waals surface area (Å²) in [6.07, 6.45) is 0.743. The molecule has 2 aromatic rings. The second-order valence-electron chi connectivity index (χ2n) is 4.58. The lowest BCUT2D eigenvalue weighted by Gasteiger charge is -2.15. The molecule has 0 saturated carbocycles. The summed E-state index contributed by atoms with van der Waals surface area (Å²) in [5, 5.41) is 1.51. The summed E-state index contributed by atoms with van der Waals surface area (Å²) in [5.74, 6) is 0.192. The maximum absolute atomic E-state index is 13.7. The van der Waals surface area contributed by atoms with E-state index >= 15 is 0 Å². The molecular formula is C16H15BrClFO. The maximum Gasteiger partial charge on any atom is 0.165 e. The van der Waals surface area contributed by atoms with Crippen LogP contribution in [0.25, 0.3) is 0 Å². The van der Waals surface area contributed by atoms with Gasteiger partial charge in [-0.05, 0) is 47.7 Å². The van der Waals surface area contributed by atoms with E-state index in [0.29, 0.717) is 0 Å². The highest BCUT2D eigenvalue weighted by molar-refractivity contribution is 9.09. The second-order valence-corrected chi connectivity index (χ2v) is 5.66. The van der Waals surface area contributed by atoms with Gasteiger partial charge in [-0.3, -0.25) is 0 Å². The Balaban J connectivity index is 2.20. The van der Waals surface area contributed by atoms with Crippen LogP contribution in [0.4, 0.5) is 4.39 Å². The lowest BCUT2D eigenvalue weighted by atomic mass is 9.93. The first-order valence-electron chi connectivity index (χ1n) is 6.28. The average Bonchev–Trinajstić information content (AvgIpc) is 2.45. The van der Waals surface area contributed by atoms with Crippen LogP contribution >= 0.6 is 27.5 Å². The smallest absolute Gasteiger partial charge is 0.165 e. The zero-order chi connectivity index (χ0) is 14.5. The third-order valence-electron chi connectivity index (χ3n) is 3.20. The van der Waals surface area contributed by atoms with E-state index in [2.05, 4.69) is 15.9 Å². The van der Waals surface area contributed by atoms with Crippen LogP contribution in [0.1, 0.15) is 17.0 Å². The van der Waals surface area contributed by atoms with Gasteiger partial charge in [0.05, 0.1) is 7.11 Å². The van der Waals surface area contributed by atoms with Crippen LogP contribution in [0.15, 0.2) is 42.5 Å². The van der Waals surface area contributed by atoms with E-state index in [1.54, 1.807) is 6.07 Å². The van der Waals surface area contributed by atoms with E-state index in [-0.39, 0.29) is 17.5 Å². The predicted molar refractivity (Wildman–Crippen MR) is 84.6 cm³/mol. The highest BCUT2D eigenvalue weighted by atomic mass is 79.9. The first kappa shape index (κ1) is 15.3. The van der Waals surface area contributed by atoms with Gasteiger partial charge in [0.15, 0.2) is 11.6 Å². The van der Waals surface area contributed by atoms with Crippen LogP contribution in [-0.4, -0.2) is 12.4 Å². The molecule has 0 aliphatic heterocycles. The molecule has 0 saturated heterocycles. The number of rotatable bonds is 5. The summed E-state index contributed by atoms with van der Waals surface area (Å²) in [6, 6.07) is 12.9. The van der Waals surface area contributed by atoms with E-state index in [4.69, 9.17) is 16.3 Å². The normalized spacial score (nSPS) is 12.2. The lowest BCUT2D eigenvalue weighted by Crippen LogP contribution is -2.05. The zero-order valence-electron chi connectivity index (χ0n) is 11.1. The summed E-state index contributed by atoms with van der Waals surface area (Å²) in [4.78, 5) is 0. The molecular weight excluding hydrogens is 343 g/mol. The van der Waals surface area contributed by atoms with Crippen LogP contribution < -0.4 is 4.74 Å². The molecule has 0 heterocycles. The summed E-state index contributed by atoms with van der Waals surface area (Å²) in [7, 11) is 1.46. The van der Waals surface area contributed by atoms with Crippen molar-refractivity contribution in [3.63, 3.8) is 0 Å². The molecule has 0 aliphatic carbocycles. The van der Waals surface area contributed by atoms with Gasteiger partial charge in [-0.15, -0.1) is 0 Å². The van der Waals surface area contributed by atoms with Crippen molar-refractivity contribution in [2.75, 3.05) is 12.4 Å². The predicted octanol–water partition coefficient (Wildman–Crippen LogP) is 5.21. The van der Waals surface area contributed by atoms with Crippen molar-refractivity contribution in [1.82, 2.24) is 0 Å². The molecule has 2 aromatic carbocycles. The number of methoxy groups -OCH3 is 1. The van der Waals surface area contributed by atoms with Gasteiger partial charge in [0, 0.05) is 10.4 Å². The lowest BCUT2D eigenvalue weighted by molar-refractivity contribution is 0.386. The van der Waals surface area contributed by atoms with Gasteiger partial charge in [-0.2, -0.15) is 0 Å². The van der Waals surface area contributed by atoms with Crippen molar-refractivity contribution >= 4 is 27.5 Å². The average molecular weight is 358 g/mol. The molecule has 4 heteroatoms. The zero-order valence-corrected chi connectivity index (χ0v) is 13.4. The molecule has 0 spiro atoms. The minimum Gasteiger partial charge on any atom is -0.494 e. The Kier molecular flexibility index (Phi) is 5.44. The van der Waals surface area contributed by atoms with Gasteiger partial charge < -0.3 is 4.74 Å². The van der Waals surface area contributed by atoms with E-state index in [9.17, 15) is 4.39 Å². The van der Waals surface area contributed by atoms with Gasteiger partial charge in [0.2, 0.25) is 0 Å². The third kappa shape index (κ3) is 3.74. The van der Waals surface area contributed by atoms with Gasteiger partial charge in [-0.1, -0.05) is 45.7 Å². The van der Waals surface area contributed by atoms with Crippen LogP contribution in [-0.2, 0) is 6.42 Å². The van der Waals surface area contributed by atoms with Crippen molar-refractivity contribution in [2.45, 2.75) is 12.3 Å². The van der Waals surface area contributed by atoms with E-state index < -0.39 is 0 Å². The van der Waals surface area contributed by atoms with Crippen molar-refractivity contribution in [1.29, 1.82) is 0 Å². The molecule has 0 aromatic heterocycles. The first-order valence-corrected chi connectivity index (χ1v) is 7.78. The molecule has 1 unspecified atom stereocenters. The Morgan fingerprint density at radius 3 is 2.65 bits per heavy atom. The Hall–Kier alpha value is -1.06. The topological polar surface area (TPSA) is 9.23 Å². The highest BCUT2D eigenvalue weighted by Gasteiger charge is 2.13. The van der Waals surface area contributed by atoms with E-state index in [1.165, 1.54) is 13.2 Å². The second kappa shape index (κ2) is 7.09. The number of benzene rings is 2. The fraction of sp³-hybridized carbons (Fsp3) is 0.250. The number of alkyl halides is 1. The minimum absolute atomic E-state index is 0.251. The number of halogens is 3. The quantitative estimate of drug-likeness (QED) is 0.668. The maximum atomic E-state index is 13.7. The summed E-state index contributed by atoms with van der Waals surface area (Å²) in [5.41, 5.74) is 2.08. The number of ether oxygens (including phenoxy) is 1. The van der Waals surface area contributed by atoms with Crippen LogP contribution in [0.3, 0.4) is 0 Å². The Morgan fingerprint density at radius 2 is 2.05 bits per heavy atom. The highest BCUT2D eigenvalue weighted by Crippen LogP contribution is 2.27. The van der Waals surface area contributed by atoms with Crippen molar-refractivity contribution in [3.8, 4) is 5.75 Å². The molecule has 2 rings (SSSR count). The molecule has 20 heavy (non-hydrogen) atoms. The molecule has 0 fully saturated rings. The molecule has 106 valence electrons. The Labute approximate surface area is 131 Å². The van der Waals surface area contributed by atoms with E-state index in [1.807, 2.05) is 30.3 Å².